The number of nitrogens with one attached hydrogen (secondary N) is 1. The fourth-order valence-corrected chi connectivity index (χ4v) is 4.32. The molecule has 1 fully saturated rings. The predicted octanol–water partition coefficient (Wildman–Crippen LogP) is 3.75. The Morgan fingerprint density at radius 2 is 1.87 bits per heavy atom. The highest BCUT2D eigenvalue weighted by molar-refractivity contribution is 7.92. The number of hydrogen-bond donors (Lipinski definition) is 1. The van der Waals surface area contributed by atoms with Gasteiger partial charge in [-0.05, 0) is 37.5 Å². The van der Waals surface area contributed by atoms with Crippen LogP contribution in [0.2, 0.25) is 10.0 Å². The van der Waals surface area contributed by atoms with Crippen LogP contribution < -0.4 is 5.32 Å². The normalized spacial score (nSPS) is 17.7. The molecule has 1 aromatic carbocycles. The van der Waals surface area contributed by atoms with Crippen LogP contribution in [0.1, 0.15) is 44.6 Å². The number of rotatable bonds is 5. The molecular formula is C16H21Cl2NO3S. The van der Waals surface area contributed by atoms with Gasteiger partial charge in [-0.3, -0.25) is 4.79 Å². The molecule has 0 spiro atoms. The summed E-state index contributed by atoms with van der Waals surface area (Å²) in [6.45, 7) is 1.44. The maximum absolute atomic E-state index is 12.4. The van der Waals surface area contributed by atoms with Gasteiger partial charge in [0.15, 0.2) is 9.84 Å². The van der Waals surface area contributed by atoms with Crippen molar-refractivity contribution in [3.8, 4) is 0 Å². The number of amides is 1. The summed E-state index contributed by atoms with van der Waals surface area (Å²) in [4.78, 5) is 12.2. The maximum Gasteiger partial charge on any atom is 0.238 e. The van der Waals surface area contributed by atoms with Crippen molar-refractivity contribution in [1.29, 1.82) is 0 Å². The molecule has 4 nitrogen and oxygen atoms in total. The molecule has 7 heteroatoms. The molecule has 0 aliphatic heterocycles. The molecule has 0 bridgehead atoms. The Hall–Kier alpha value is -0.780. The molecule has 0 radical (unpaired) electrons. The molecule has 1 N–H and O–H groups in total. The van der Waals surface area contributed by atoms with E-state index in [4.69, 9.17) is 23.2 Å². The Kier molecular flexibility index (Phi) is 6.34. The molecule has 1 amide bonds. The second-order valence-corrected chi connectivity index (χ2v) is 9.18. The van der Waals surface area contributed by atoms with E-state index in [1.807, 2.05) is 0 Å². The van der Waals surface area contributed by atoms with Gasteiger partial charge in [-0.25, -0.2) is 8.42 Å². The molecule has 1 atom stereocenters. The minimum atomic E-state index is -3.61. The predicted molar refractivity (Wildman–Crippen MR) is 93.6 cm³/mol. The first kappa shape index (κ1) is 18.6. The van der Waals surface area contributed by atoms with Crippen LogP contribution in [0.3, 0.4) is 0 Å². The van der Waals surface area contributed by atoms with Crippen LogP contribution in [0.5, 0.6) is 0 Å². The smallest absolute Gasteiger partial charge is 0.238 e. The van der Waals surface area contributed by atoms with Crippen LogP contribution in [-0.2, 0) is 20.4 Å². The topological polar surface area (TPSA) is 63.2 Å². The molecule has 2 rings (SSSR count). The van der Waals surface area contributed by atoms with E-state index in [2.05, 4.69) is 5.32 Å². The van der Waals surface area contributed by atoms with E-state index in [-0.39, 0.29) is 11.8 Å². The zero-order valence-electron chi connectivity index (χ0n) is 13.0. The van der Waals surface area contributed by atoms with Gasteiger partial charge < -0.3 is 5.32 Å². The number of halogens is 2. The maximum atomic E-state index is 12.4. The summed E-state index contributed by atoms with van der Waals surface area (Å²) in [6.07, 6.45) is 5.18. The molecule has 1 aliphatic carbocycles. The van der Waals surface area contributed by atoms with Crippen LogP contribution in [0.25, 0.3) is 0 Å². The minimum absolute atomic E-state index is 0.0962. The van der Waals surface area contributed by atoms with Crippen molar-refractivity contribution in [3.63, 3.8) is 0 Å². The summed E-state index contributed by atoms with van der Waals surface area (Å²) in [6, 6.07) is 4.78. The number of hydrogen-bond acceptors (Lipinski definition) is 3. The van der Waals surface area contributed by atoms with Gasteiger partial charge in [-0.1, -0.05) is 48.5 Å². The highest BCUT2D eigenvalue weighted by atomic mass is 35.5. The van der Waals surface area contributed by atoms with Crippen molar-refractivity contribution in [2.75, 3.05) is 0 Å². The van der Waals surface area contributed by atoms with Crippen LogP contribution >= 0.6 is 23.2 Å². The second kappa shape index (κ2) is 7.86. The Labute approximate surface area is 147 Å². The first-order valence-corrected chi connectivity index (χ1v) is 10.2. The number of carbonyl (C=O) groups is 1. The van der Waals surface area contributed by atoms with Crippen molar-refractivity contribution < 1.29 is 13.2 Å². The third-order valence-electron chi connectivity index (χ3n) is 4.21. The van der Waals surface area contributed by atoms with Gasteiger partial charge >= 0.3 is 0 Å². The van der Waals surface area contributed by atoms with E-state index in [1.165, 1.54) is 19.4 Å². The fourth-order valence-electron chi connectivity index (χ4n) is 2.72. The average molecular weight is 378 g/mol. The van der Waals surface area contributed by atoms with Crippen molar-refractivity contribution in [3.05, 3.63) is 33.8 Å². The Bertz CT molecular complexity index is 670. The summed E-state index contributed by atoms with van der Waals surface area (Å²) >= 11 is 11.7. The van der Waals surface area contributed by atoms with Gasteiger partial charge in [-0.15, -0.1) is 0 Å². The molecule has 0 heterocycles. The molecule has 1 aliphatic rings. The van der Waals surface area contributed by atoms with Gasteiger partial charge in [0.1, 0.15) is 5.25 Å². The zero-order chi connectivity index (χ0) is 17.0. The lowest BCUT2D eigenvalue weighted by Gasteiger charge is -2.24. The molecule has 1 saturated carbocycles. The number of carbonyl (C=O) groups excluding carboxylic acids is 1. The third-order valence-corrected chi connectivity index (χ3v) is 6.98. The summed E-state index contributed by atoms with van der Waals surface area (Å²) in [5.74, 6) is -0.652. The van der Waals surface area contributed by atoms with E-state index >= 15 is 0 Å². The zero-order valence-corrected chi connectivity index (χ0v) is 15.3. The number of benzene rings is 1. The molecule has 1 aromatic rings. The Morgan fingerprint density at radius 1 is 1.22 bits per heavy atom. The van der Waals surface area contributed by atoms with Crippen molar-refractivity contribution in [2.24, 2.45) is 0 Å². The SMILES string of the molecule is C[C@@H](C(=O)NC1CCCCC1)S(=O)(=O)Cc1ccc(Cl)c(Cl)c1. The largest absolute Gasteiger partial charge is 0.352 e. The lowest BCUT2D eigenvalue weighted by Crippen LogP contribution is -2.44. The standard InChI is InChI=1S/C16H21Cl2NO3S/c1-11(16(20)19-13-5-3-2-4-6-13)23(21,22)10-12-7-8-14(17)15(18)9-12/h7-9,11,13H,2-6,10H2,1H3,(H,19,20)/t11-/m0/s1. The molecule has 0 saturated heterocycles. The molecule has 23 heavy (non-hydrogen) atoms. The molecular weight excluding hydrogens is 357 g/mol. The average Bonchev–Trinajstić information content (AvgIpc) is 2.51. The van der Waals surface area contributed by atoms with Crippen molar-refractivity contribution >= 4 is 38.9 Å². The van der Waals surface area contributed by atoms with E-state index in [1.54, 1.807) is 12.1 Å². The van der Waals surface area contributed by atoms with Gasteiger partial charge in [0.05, 0.1) is 15.8 Å². The summed E-state index contributed by atoms with van der Waals surface area (Å²) in [5, 5.41) is 2.46. The lowest BCUT2D eigenvalue weighted by atomic mass is 9.95. The minimum Gasteiger partial charge on any atom is -0.352 e. The first-order chi connectivity index (χ1) is 10.8. The fraction of sp³-hybridized carbons (Fsp3) is 0.562. The van der Waals surface area contributed by atoms with E-state index < -0.39 is 21.0 Å². The van der Waals surface area contributed by atoms with Crippen molar-refractivity contribution in [2.45, 2.75) is 56.1 Å². The second-order valence-electron chi connectivity index (χ2n) is 6.04. The quantitative estimate of drug-likeness (QED) is 0.849. The highest BCUT2D eigenvalue weighted by Crippen LogP contribution is 2.24. The van der Waals surface area contributed by atoms with Gasteiger partial charge in [0, 0.05) is 6.04 Å². The van der Waals surface area contributed by atoms with Crippen LogP contribution in [0.4, 0.5) is 0 Å². The van der Waals surface area contributed by atoms with Gasteiger partial charge in [0.25, 0.3) is 0 Å². The Balaban J connectivity index is 2.02. The summed E-state index contributed by atoms with van der Waals surface area (Å²) in [7, 11) is -3.61. The summed E-state index contributed by atoms with van der Waals surface area (Å²) in [5.41, 5.74) is 0.525. The van der Waals surface area contributed by atoms with Gasteiger partial charge in [0.2, 0.25) is 5.91 Å². The van der Waals surface area contributed by atoms with Crippen molar-refractivity contribution in [1.82, 2.24) is 5.32 Å². The molecule has 128 valence electrons. The van der Waals surface area contributed by atoms with E-state index in [0.29, 0.717) is 15.6 Å². The molecule has 0 aromatic heterocycles. The van der Waals surface area contributed by atoms with E-state index in [0.717, 1.165) is 25.7 Å². The summed E-state index contributed by atoms with van der Waals surface area (Å²) < 4.78 is 24.9. The van der Waals surface area contributed by atoms with Crippen LogP contribution in [0, 0.1) is 0 Å². The van der Waals surface area contributed by atoms with Gasteiger partial charge in [-0.2, -0.15) is 0 Å². The van der Waals surface area contributed by atoms with Crippen LogP contribution in [-0.4, -0.2) is 25.6 Å². The third kappa shape index (κ3) is 5.10. The Morgan fingerprint density at radius 3 is 2.48 bits per heavy atom. The first-order valence-electron chi connectivity index (χ1n) is 7.75. The van der Waals surface area contributed by atoms with Crippen LogP contribution in [0.15, 0.2) is 18.2 Å². The highest BCUT2D eigenvalue weighted by Gasteiger charge is 2.30. The lowest BCUT2D eigenvalue weighted by molar-refractivity contribution is -0.121. The monoisotopic (exact) mass is 377 g/mol. The van der Waals surface area contributed by atoms with E-state index in [9.17, 15) is 13.2 Å². The molecule has 0 unspecified atom stereocenters. The number of sulfone groups is 1.